The molecular formula is C33H28N4O3S. The molecular weight excluding hydrogens is 532 g/mol. The number of pyridine rings is 1. The van der Waals surface area contributed by atoms with Crippen LogP contribution in [0.5, 0.6) is 5.75 Å². The Balaban J connectivity index is 0.925. The molecule has 8 heteroatoms. The van der Waals surface area contributed by atoms with Crippen LogP contribution in [0.15, 0.2) is 107 Å². The van der Waals surface area contributed by atoms with Crippen molar-refractivity contribution in [1.29, 1.82) is 0 Å². The second kappa shape index (κ2) is 12.7. The molecule has 41 heavy (non-hydrogen) atoms. The summed E-state index contributed by atoms with van der Waals surface area (Å²) in [6.07, 6.45) is 9.60. The third-order valence-corrected chi connectivity index (χ3v) is 7.65. The van der Waals surface area contributed by atoms with E-state index >= 15 is 0 Å². The van der Waals surface area contributed by atoms with Crippen molar-refractivity contribution in [2.45, 2.75) is 24.5 Å². The molecule has 0 saturated heterocycles. The number of thioether (sulfide) groups is 1. The average molecular weight is 561 g/mol. The zero-order valence-corrected chi connectivity index (χ0v) is 23.1. The van der Waals surface area contributed by atoms with Gasteiger partial charge in [-0.2, -0.15) is 0 Å². The number of aryl methyl sites for hydroxylation is 2. The van der Waals surface area contributed by atoms with E-state index in [2.05, 4.69) is 32.3 Å². The summed E-state index contributed by atoms with van der Waals surface area (Å²) in [6.45, 7) is 0.552. The molecule has 3 aromatic carbocycles. The van der Waals surface area contributed by atoms with Crippen LogP contribution < -0.4 is 4.74 Å². The molecule has 0 radical (unpaired) electrons. The van der Waals surface area contributed by atoms with Gasteiger partial charge in [-0.1, -0.05) is 54.2 Å². The van der Waals surface area contributed by atoms with E-state index < -0.39 is 0 Å². The number of para-hydroxylation sites is 2. The first-order valence-corrected chi connectivity index (χ1v) is 14.5. The molecule has 3 heterocycles. The van der Waals surface area contributed by atoms with Gasteiger partial charge in [0.2, 0.25) is 5.89 Å². The highest BCUT2D eigenvalue weighted by Crippen LogP contribution is 2.22. The number of aromatic nitrogens is 4. The molecule has 6 rings (SSSR count). The Bertz CT molecular complexity index is 1800. The summed E-state index contributed by atoms with van der Waals surface area (Å²) in [5, 5.41) is 11.2. The van der Waals surface area contributed by atoms with Crippen molar-refractivity contribution in [1.82, 2.24) is 20.2 Å². The van der Waals surface area contributed by atoms with Crippen molar-refractivity contribution < 1.29 is 13.9 Å². The minimum Gasteiger partial charge on any atom is -0.494 e. The maximum absolute atomic E-state index is 12.7. The van der Waals surface area contributed by atoms with Crippen LogP contribution >= 0.6 is 11.8 Å². The van der Waals surface area contributed by atoms with E-state index in [0.29, 0.717) is 29.7 Å². The molecule has 7 nitrogen and oxygen atoms in total. The van der Waals surface area contributed by atoms with E-state index in [1.54, 1.807) is 24.4 Å². The average Bonchev–Trinajstić information content (AvgIpc) is 3.65. The zero-order valence-electron chi connectivity index (χ0n) is 22.3. The van der Waals surface area contributed by atoms with E-state index in [0.717, 1.165) is 46.3 Å². The fourth-order valence-corrected chi connectivity index (χ4v) is 5.32. The number of nitrogens with one attached hydrogen (secondary N) is 1. The number of carbonyl (C=O) groups is 1. The molecule has 3 aromatic heterocycles. The first kappa shape index (κ1) is 26.5. The van der Waals surface area contributed by atoms with Gasteiger partial charge in [-0.25, -0.2) is 0 Å². The van der Waals surface area contributed by atoms with Gasteiger partial charge in [-0.05, 0) is 72.5 Å². The number of ether oxygens (including phenoxy) is 1. The lowest BCUT2D eigenvalue weighted by Gasteiger charge is -2.06. The molecule has 0 bridgehead atoms. The molecule has 0 atom stereocenters. The molecule has 6 aromatic rings. The lowest BCUT2D eigenvalue weighted by atomic mass is 10.1. The molecule has 0 aliphatic heterocycles. The first-order valence-electron chi connectivity index (χ1n) is 13.5. The van der Waals surface area contributed by atoms with Crippen LogP contribution in [0.4, 0.5) is 0 Å². The van der Waals surface area contributed by atoms with E-state index in [4.69, 9.17) is 9.15 Å². The molecule has 0 amide bonds. The molecule has 0 saturated carbocycles. The minimum absolute atomic E-state index is 0.0609. The van der Waals surface area contributed by atoms with Crippen molar-refractivity contribution in [3.05, 3.63) is 120 Å². The number of rotatable bonds is 12. The Morgan fingerprint density at radius 2 is 1.76 bits per heavy atom. The third-order valence-electron chi connectivity index (χ3n) is 6.75. The number of nitrogens with zero attached hydrogens (tertiary/aromatic N) is 3. The molecule has 204 valence electrons. The van der Waals surface area contributed by atoms with Gasteiger partial charge in [-0.3, -0.25) is 9.78 Å². The lowest BCUT2D eigenvalue weighted by Crippen LogP contribution is -2.00. The second-order valence-electron chi connectivity index (χ2n) is 9.51. The number of carbonyl (C=O) groups excluding carboxylic acids is 1. The Kier molecular flexibility index (Phi) is 8.19. The molecule has 0 aliphatic rings. The van der Waals surface area contributed by atoms with Gasteiger partial charge in [0, 0.05) is 46.4 Å². The molecule has 0 spiro atoms. The van der Waals surface area contributed by atoms with Crippen LogP contribution in [0, 0.1) is 0 Å². The van der Waals surface area contributed by atoms with Crippen LogP contribution in [-0.2, 0) is 12.8 Å². The largest absolute Gasteiger partial charge is 0.494 e. The maximum Gasteiger partial charge on any atom is 0.276 e. The van der Waals surface area contributed by atoms with Gasteiger partial charge >= 0.3 is 0 Å². The van der Waals surface area contributed by atoms with Gasteiger partial charge in [0.15, 0.2) is 5.78 Å². The summed E-state index contributed by atoms with van der Waals surface area (Å²) in [4.78, 5) is 20.4. The molecule has 0 fully saturated rings. The number of fused-ring (bicyclic) bond motifs is 2. The number of H-pyrrole nitrogens is 1. The highest BCUT2D eigenvalue weighted by atomic mass is 32.2. The van der Waals surface area contributed by atoms with Gasteiger partial charge in [0.1, 0.15) is 5.75 Å². The standard InChI is InChI=1S/C33H28N4O3S/c38-31(16-12-23-18-19-34-29-8-3-1-6-27(23)29)24-10-14-26(15-11-24)39-20-5-21-41-33-37-36-32(40-33)17-13-25-22-35-30-9-4-2-7-28(25)30/h1-4,6-12,14-16,18-19,22,35H,5,13,17,20-21H2/b16-12+. The number of hydrogen-bond acceptors (Lipinski definition) is 7. The summed E-state index contributed by atoms with van der Waals surface area (Å²) >= 11 is 1.53. The molecule has 1 N–H and O–H groups in total. The van der Waals surface area contributed by atoms with Crippen molar-refractivity contribution in [3.63, 3.8) is 0 Å². The Morgan fingerprint density at radius 3 is 2.66 bits per heavy atom. The van der Waals surface area contributed by atoms with Gasteiger partial charge in [0.25, 0.3) is 5.22 Å². The zero-order chi connectivity index (χ0) is 27.9. The predicted molar refractivity (Wildman–Crippen MR) is 162 cm³/mol. The number of ketones is 1. The molecule has 0 aliphatic carbocycles. The van der Waals surface area contributed by atoms with E-state index in [1.807, 2.05) is 66.9 Å². The Labute approximate surface area is 241 Å². The topological polar surface area (TPSA) is 93.9 Å². The quantitative estimate of drug-likeness (QED) is 0.0724. The van der Waals surface area contributed by atoms with Crippen LogP contribution in [0.25, 0.3) is 27.9 Å². The second-order valence-corrected chi connectivity index (χ2v) is 10.6. The number of allylic oxidation sites excluding steroid dienone is 1. The van der Waals surface area contributed by atoms with Crippen molar-refractivity contribution in [3.8, 4) is 5.75 Å². The van der Waals surface area contributed by atoms with Crippen LogP contribution in [0.3, 0.4) is 0 Å². The maximum atomic E-state index is 12.7. The minimum atomic E-state index is -0.0609. The number of aromatic amines is 1. The summed E-state index contributed by atoms with van der Waals surface area (Å²) in [5.74, 6) is 2.12. The smallest absolute Gasteiger partial charge is 0.276 e. The molecule has 0 unspecified atom stereocenters. The van der Waals surface area contributed by atoms with Crippen LogP contribution in [-0.4, -0.2) is 38.3 Å². The monoisotopic (exact) mass is 560 g/mol. The fourth-order valence-electron chi connectivity index (χ4n) is 4.63. The summed E-state index contributed by atoms with van der Waals surface area (Å²) in [7, 11) is 0. The normalized spacial score (nSPS) is 11.5. The number of hydrogen-bond donors (Lipinski definition) is 1. The number of benzene rings is 3. The van der Waals surface area contributed by atoms with Gasteiger partial charge < -0.3 is 14.1 Å². The highest BCUT2D eigenvalue weighted by Gasteiger charge is 2.10. The lowest BCUT2D eigenvalue weighted by molar-refractivity contribution is 0.104. The van der Waals surface area contributed by atoms with Crippen molar-refractivity contribution >= 4 is 45.4 Å². The van der Waals surface area contributed by atoms with Crippen LogP contribution in [0.2, 0.25) is 0 Å². The highest BCUT2D eigenvalue weighted by molar-refractivity contribution is 7.99. The van der Waals surface area contributed by atoms with E-state index in [1.165, 1.54) is 22.7 Å². The summed E-state index contributed by atoms with van der Waals surface area (Å²) < 4.78 is 11.7. The van der Waals surface area contributed by atoms with E-state index in [9.17, 15) is 4.79 Å². The van der Waals surface area contributed by atoms with Gasteiger partial charge in [-0.15, -0.1) is 10.2 Å². The summed E-state index contributed by atoms with van der Waals surface area (Å²) in [6, 6.07) is 25.3. The first-order chi connectivity index (χ1) is 20.2. The summed E-state index contributed by atoms with van der Waals surface area (Å²) in [5.41, 5.74) is 4.86. The van der Waals surface area contributed by atoms with E-state index in [-0.39, 0.29) is 5.78 Å². The predicted octanol–water partition coefficient (Wildman–Crippen LogP) is 7.34. The SMILES string of the molecule is O=C(/C=C/c1ccnc2ccccc12)c1ccc(OCCCSc2nnc(CCc3c[nH]c4ccccc34)o2)cc1. The fraction of sp³-hybridized carbons (Fsp3) is 0.152. The third kappa shape index (κ3) is 6.56. The van der Waals surface area contributed by atoms with Crippen molar-refractivity contribution in [2.24, 2.45) is 0 Å². The van der Waals surface area contributed by atoms with Gasteiger partial charge in [0.05, 0.1) is 12.1 Å². The Morgan fingerprint density at radius 1 is 0.927 bits per heavy atom. The van der Waals surface area contributed by atoms with Crippen LogP contribution in [0.1, 0.15) is 33.8 Å². The van der Waals surface area contributed by atoms with Crippen molar-refractivity contribution in [2.75, 3.05) is 12.4 Å². The Hall–Kier alpha value is -4.69.